The zero-order valence-electron chi connectivity index (χ0n) is 19.9. The summed E-state index contributed by atoms with van der Waals surface area (Å²) in [5.41, 5.74) is -0.472. The third kappa shape index (κ3) is 3.45. The zero-order valence-corrected chi connectivity index (χ0v) is 19.9. The number of amides is 2. The van der Waals surface area contributed by atoms with Gasteiger partial charge in [-0.25, -0.2) is 0 Å². The van der Waals surface area contributed by atoms with Crippen LogP contribution in [0, 0.1) is 0 Å². The van der Waals surface area contributed by atoms with Gasteiger partial charge in [0.25, 0.3) is 17.6 Å². The van der Waals surface area contributed by atoms with Crippen molar-refractivity contribution in [2.75, 3.05) is 45.7 Å². The maximum absolute atomic E-state index is 13.9. The molecule has 8 nitrogen and oxygen atoms in total. The van der Waals surface area contributed by atoms with Crippen molar-refractivity contribution < 1.29 is 24.2 Å². The van der Waals surface area contributed by atoms with Crippen LogP contribution in [-0.4, -0.2) is 73.3 Å². The van der Waals surface area contributed by atoms with Gasteiger partial charge in [-0.05, 0) is 64.3 Å². The van der Waals surface area contributed by atoms with E-state index in [9.17, 15) is 19.5 Å². The van der Waals surface area contributed by atoms with Crippen molar-refractivity contribution in [3.8, 4) is 5.75 Å². The van der Waals surface area contributed by atoms with E-state index in [1.54, 1.807) is 55.6 Å². The number of Topliss-reactive ketones (excluding diaryl/α,β-unsaturated/α-hetero) is 1. The van der Waals surface area contributed by atoms with Gasteiger partial charge in [0.05, 0.1) is 12.2 Å². The first kappa shape index (κ1) is 23.5. The summed E-state index contributed by atoms with van der Waals surface area (Å²) in [5.74, 6) is -1.86. The van der Waals surface area contributed by atoms with Gasteiger partial charge in [0.1, 0.15) is 11.5 Å². The van der Waals surface area contributed by atoms with Crippen molar-refractivity contribution in [2.45, 2.75) is 18.9 Å². The highest BCUT2D eigenvalue weighted by atomic mass is 16.5. The second-order valence-electron chi connectivity index (χ2n) is 8.72. The maximum atomic E-state index is 13.9. The molecule has 1 N–H and O–H groups in total. The number of hydrogen-bond acceptors (Lipinski definition) is 6. The van der Waals surface area contributed by atoms with Gasteiger partial charge in [-0.1, -0.05) is 18.2 Å². The minimum absolute atomic E-state index is 0.191. The predicted octanol–water partition coefficient (Wildman–Crippen LogP) is 2.59. The highest BCUT2D eigenvalue weighted by molar-refractivity contribution is 6.50. The molecule has 2 aromatic rings. The van der Waals surface area contributed by atoms with Gasteiger partial charge in [0, 0.05) is 30.4 Å². The second kappa shape index (κ2) is 8.95. The Labute approximate surface area is 199 Å². The molecular weight excluding hydrogens is 434 g/mol. The van der Waals surface area contributed by atoms with E-state index < -0.39 is 23.1 Å². The van der Waals surface area contributed by atoms with Crippen molar-refractivity contribution in [1.82, 2.24) is 9.80 Å². The molecule has 2 aromatic carbocycles. The summed E-state index contributed by atoms with van der Waals surface area (Å²) in [7, 11) is 5.45. The van der Waals surface area contributed by atoms with Crippen LogP contribution in [0.5, 0.6) is 5.75 Å². The summed E-state index contributed by atoms with van der Waals surface area (Å²) in [4.78, 5) is 45.4. The standard InChI is InChI=1S/C26H29N3O5/c1-5-34-18-13-11-17(12-14-18)22(30)21-23(31)24(32)29(16-8-15-27(2)3)26(21)19-9-6-7-10-20(19)28(4)25(26)33/h6-7,9-14,30H,5,8,15-16H2,1-4H3/b22-21-. The van der Waals surface area contributed by atoms with E-state index in [0.717, 1.165) is 0 Å². The number of carbonyl (C=O) groups excluding carboxylic acids is 3. The molecule has 1 saturated heterocycles. The molecule has 0 aliphatic carbocycles. The van der Waals surface area contributed by atoms with Crippen LogP contribution in [0.15, 0.2) is 54.1 Å². The molecule has 2 aliphatic heterocycles. The molecule has 0 radical (unpaired) electrons. The molecule has 1 unspecified atom stereocenters. The van der Waals surface area contributed by atoms with Crippen molar-refractivity contribution in [2.24, 2.45) is 0 Å². The monoisotopic (exact) mass is 463 g/mol. The number of benzene rings is 2. The van der Waals surface area contributed by atoms with Crippen LogP contribution in [0.4, 0.5) is 5.69 Å². The van der Waals surface area contributed by atoms with Crippen LogP contribution < -0.4 is 9.64 Å². The average Bonchev–Trinajstić information content (AvgIpc) is 3.18. The van der Waals surface area contributed by atoms with Gasteiger partial charge >= 0.3 is 0 Å². The van der Waals surface area contributed by atoms with Gasteiger partial charge < -0.3 is 24.5 Å². The normalized spacial score (nSPS) is 21.1. The molecule has 0 bridgehead atoms. The summed E-state index contributed by atoms with van der Waals surface area (Å²) in [6.07, 6.45) is 0.560. The number of nitrogens with zero attached hydrogens (tertiary/aromatic N) is 3. The van der Waals surface area contributed by atoms with Crippen LogP contribution in [0.2, 0.25) is 0 Å². The van der Waals surface area contributed by atoms with Crippen molar-refractivity contribution in [1.29, 1.82) is 0 Å². The van der Waals surface area contributed by atoms with E-state index in [1.165, 1.54) is 9.80 Å². The van der Waals surface area contributed by atoms with Crippen LogP contribution in [-0.2, 0) is 19.9 Å². The van der Waals surface area contributed by atoms with Gasteiger partial charge in [-0.3, -0.25) is 14.4 Å². The Morgan fingerprint density at radius 1 is 1.06 bits per heavy atom. The number of likely N-dealkylation sites (tertiary alicyclic amines) is 1. The Kier molecular flexibility index (Phi) is 6.18. The molecular formula is C26H29N3O5. The van der Waals surface area contributed by atoms with Gasteiger partial charge in [0.15, 0.2) is 5.54 Å². The minimum atomic E-state index is -1.71. The Hall–Kier alpha value is -3.65. The lowest BCUT2D eigenvalue weighted by Crippen LogP contribution is -2.51. The molecule has 1 fully saturated rings. The molecule has 1 spiro atoms. The molecule has 2 aliphatic rings. The molecule has 0 aromatic heterocycles. The lowest BCUT2D eigenvalue weighted by Gasteiger charge is -2.34. The summed E-state index contributed by atoms with van der Waals surface area (Å²) in [6, 6.07) is 13.7. The number of hydrogen-bond donors (Lipinski definition) is 1. The highest BCUT2D eigenvalue weighted by Gasteiger charge is 2.66. The van der Waals surface area contributed by atoms with Crippen molar-refractivity contribution in [3.05, 3.63) is 65.2 Å². The van der Waals surface area contributed by atoms with Crippen LogP contribution >= 0.6 is 0 Å². The number of ether oxygens (including phenoxy) is 1. The number of ketones is 1. The van der Waals surface area contributed by atoms with E-state index >= 15 is 0 Å². The number of likely N-dealkylation sites (N-methyl/N-ethyl adjacent to an activating group) is 1. The molecule has 0 saturated carbocycles. The fourth-order valence-corrected chi connectivity index (χ4v) is 4.84. The Morgan fingerprint density at radius 2 is 1.74 bits per heavy atom. The maximum Gasteiger partial charge on any atom is 0.296 e. The third-order valence-corrected chi connectivity index (χ3v) is 6.37. The summed E-state index contributed by atoms with van der Waals surface area (Å²) < 4.78 is 5.46. The first-order chi connectivity index (χ1) is 16.2. The van der Waals surface area contributed by atoms with Crippen LogP contribution in [0.1, 0.15) is 24.5 Å². The molecule has 8 heteroatoms. The number of anilines is 1. The second-order valence-corrected chi connectivity index (χ2v) is 8.72. The number of carbonyl (C=O) groups is 3. The first-order valence-corrected chi connectivity index (χ1v) is 11.3. The summed E-state index contributed by atoms with van der Waals surface area (Å²) in [6.45, 7) is 3.22. The number of aliphatic hydroxyl groups excluding tert-OH is 1. The van der Waals surface area contributed by atoms with E-state index in [1.807, 2.05) is 25.9 Å². The van der Waals surface area contributed by atoms with Crippen molar-refractivity contribution in [3.63, 3.8) is 0 Å². The molecule has 178 valence electrons. The SMILES string of the molecule is CCOc1ccc(/C(O)=C2\C(=O)C(=O)N(CCCN(C)C)C23C(=O)N(C)c2ccccc23)cc1. The van der Waals surface area contributed by atoms with E-state index in [0.29, 0.717) is 42.1 Å². The van der Waals surface area contributed by atoms with E-state index in [4.69, 9.17) is 4.74 Å². The fraction of sp³-hybridized carbons (Fsp3) is 0.346. The summed E-state index contributed by atoms with van der Waals surface area (Å²) in [5, 5.41) is 11.4. The van der Waals surface area contributed by atoms with Gasteiger partial charge in [0.2, 0.25) is 0 Å². The Bertz CT molecular complexity index is 1170. The topological polar surface area (TPSA) is 90.4 Å². The lowest BCUT2D eigenvalue weighted by molar-refractivity contribution is -0.143. The number of aliphatic hydroxyl groups is 1. The molecule has 34 heavy (non-hydrogen) atoms. The minimum Gasteiger partial charge on any atom is -0.507 e. The van der Waals surface area contributed by atoms with Crippen molar-refractivity contribution >= 4 is 29.0 Å². The molecule has 1 atom stereocenters. The Morgan fingerprint density at radius 3 is 2.38 bits per heavy atom. The van der Waals surface area contributed by atoms with Crippen LogP contribution in [0.25, 0.3) is 5.76 Å². The highest BCUT2D eigenvalue weighted by Crippen LogP contribution is 2.53. The average molecular weight is 464 g/mol. The quantitative estimate of drug-likeness (QED) is 0.386. The number of fused-ring (bicyclic) bond motifs is 2. The predicted molar refractivity (Wildman–Crippen MR) is 129 cm³/mol. The summed E-state index contributed by atoms with van der Waals surface area (Å²) >= 11 is 0. The van der Waals surface area contributed by atoms with Crippen LogP contribution in [0.3, 0.4) is 0 Å². The number of rotatable bonds is 7. The lowest BCUT2D eigenvalue weighted by atomic mass is 9.82. The number of para-hydroxylation sites is 1. The molecule has 4 rings (SSSR count). The first-order valence-electron chi connectivity index (χ1n) is 11.3. The van der Waals surface area contributed by atoms with E-state index in [-0.39, 0.29) is 17.9 Å². The molecule has 2 heterocycles. The largest absolute Gasteiger partial charge is 0.507 e. The third-order valence-electron chi connectivity index (χ3n) is 6.37. The van der Waals surface area contributed by atoms with Gasteiger partial charge in [-0.15, -0.1) is 0 Å². The van der Waals surface area contributed by atoms with Gasteiger partial charge in [-0.2, -0.15) is 0 Å². The Balaban J connectivity index is 1.93. The zero-order chi connectivity index (χ0) is 24.6. The fourth-order valence-electron chi connectivity index (χ4n) is 4.84. The smallest absolute Gasteiger partial charge is 0.296 e. The molecule has 2 amide bonds. The van der Waals surface area contributed by atoms with E-state index in [2.05, 4.69) is 0 Å².